The number of benzene rings is 2. The van der Waals surface area contributed by atoms with Gasteiger partial charge >= 0.3 is 0 Å². The Labute approximate surface area is 150 Å². The third-order valence-corrected chi connectivity index (χ3v) is 3.64. The second kappa shape index (κ2) is 8.15. The summed E-state index contributed by atoms with van der Waals surface area (Å²) in [6.07, 6.45) is -0.682. The minimum atomic E-state index is -0.682. The zero-order valence-electron chi connectivity index (χ0n) is 14.5. The number of carbonyl (C=O) groups excluding carboxylic acids is 1. The highest BCUT2D eigenvalue weighted by atomic mass is 16.5. The van der Waals surface area contributed by atoms with Crippen molar-refractivity contribution in [2.24, 2.45) is 0 Å². The van der Waals surface area contributed by atoms with Crippen LogP contribution in [-0.4, -0.2) is 29.3 Å². The number of methoxy groups -OCH3 is 1. The maximum atomic E-state index is 12.2. The molecule has 134 valence electrons. The summed E-state index contributed by atoms with van der Waals surface area (Å²) in [7, 11) is 1.57. The lowest BCUT2D eigenvalue weighted by molar-refractivity contribution is -0.127. The van der Waals surface area contributed by atoms with E-state index in [1.165, 1.54) is 0 Å². The van der Waals surface area contributed by atoms with Crippen LogP contribution in [0.4, 0.5) is 0 Å². The van der Waals surface area contributed by atoms with E-state index in [4.69, 9.17) is 14.0 Å². The predicted octanol–water partition coefficient (Wildman–Crippen LogP) is 2.83. The van der Waals surface area contributed by atoms with Gasteiger partial charge in [-0.25, -0.2) is 0 Å². The van der Waals surface area contributed by atoms with Gasteiger partial charge in [-0.2, -0.15) is 4.98 Å². The van der Waals surface area contributed by atoms with E-state index < -0.39 is 6.10 Å². The Morgan fingerprint density at radius 1 is 1.15 bits per heavy atom. The molecule has 2 aromatic carbocycles. The van der Waals surface area contributed by atoms with Gasteiger partial charge in [-0.1, -0.05) is 41.6 Å². The average molecular weight is 353 g/mol. The summed E-state index contributed by atoms with van der Waals surface area (Å²) in [6.45, 7) is 1.79. The molecule has 3 rings (SSSR count). The molecule has 0 saturated carbocycles. The molecule has 26 heavy (non-hydrogen) atoms. The fourth-order valence-electron chi connectivity index (χ4n) is 2.27. The van der Waals surface area contributed by atoms with Crippen molar-refractivity contribution in [3.8, 4) is 22.9 Å². The molecule has 0 spiro atoms. The Morgan fingerprint density at radius 3 is 2.69 bits per heavy atom. The van der Waals surface area contributed by atoms with E-state index in [0.29, 0.717) is 23.2 Å². The van der Waals surface area contributed by atoms with E-state index >= 15 is 0 Å². The molecule has 0 aliphatic rings. The minimum absolute atomic E-state index is 0.129. The standard InChI is InChI=1S/C19H19N3O4/c1-13(25-16-10-6-9-15(11-16)24-2)19(23)20-12-17-21-18(22-26-17)14-7-4-3-5-8-14/h3-11,13H,12H2,1-2H3,(H,20,23)/t13-/m0/s1. The molecule has 1 heterocycles. The van der Waals surface area contributed by atoms with Gasteiger partial charge in [-0.05, 0) is 19.1 Å². The summed E-state index contributed by atoms with van der Waals surface area (Å²) in [6, 6.07) is 16.5. The molecule has 0 saturated heterocycles. The van der Waals surface area contributed by atoms with Crippen LogP contribution in [0, 0.1) is 0 Å². The van der Waals surface area contributed by atoms with Gasteiger partial charge in [0.15, 0.2) is 6.10 Å². The lowest BCUT2D eigenvalue weighted by atomic mass is 10.2. The van der Waals surface area contributed by atoms with Crippen LogP contribution >= 0.6 is 0 Å². The van der Waals surface area contributed by atoms with Crippen molar-refractivity contribution in [1.29, 1.82) is 0 Å². The van der Waals surface area contributed by atoms with Gasteiger partial charge in [-0.3, -0.25) is 4.79 Å². The molecule has 0 aliphatic heterocycles. The largest absolute Gasteiger partial charge is 0.497 e. The number of nitrogens with zero attached hydrogens (tertiary/aromatic N) is 2. The Bertz CT molecular complexity index is 864. The van der Waals surface area contributed by atoms with Crippen LogP contribution in [0.5, 0.6) is 11.5 Å². The maximum Gasteiger partial charge on any atom is 0.261 e. The monoisotopic (exact) mass is 353 g/mol. The molecule has 1 atom stereocenters. The van der Waals surface area contributed by atoms with Crippen molar-refractivity contribution in [3.05, 3.63) is 60.5 Å². The maximum absolute atomic E-state index is 12.2. The molecule has 0 radical (unpaired) electrons. The SMILES string of the molecule is COc1cccc(O[C@@H](C)C(=O)NCc2nc(-c3ccccc3)no2)c1. The molecule has 0 aliphatic carbocycles. The van der Waals surface area contributed by atoms with Crippen molar-refractivity contribution in [3.63, 3.8) is 0 Å². The van der Waals surface area contributed by atoms with Crippen LogP contribution in [0.1, 0.15) is 12.8 Å². The van der Waals surface area contributed by atoms with E-state index in [0.717, 1.165) is 5.56 Å². The Hall–Kier alpha value is -3.35. The zero-order valence-corrected chi connectivity index (χ0v) is 14.5. The third kappa shape index (κ3) is 4.38. The molecule has 3 aromatic rings. The third-order valence-electron chi connectivity index (χ3n) is 3.64. The van der Waals surface area contributed by atoms with E-state index in [-0.39, 0.29) is 12.5 Å². The lowest BCUT2D eigenvalue weighted by Gasteiger charge is -2.14. The van der Waals surface area contributed by atoms with Crippen LogP contribution < -0.4 is 14.8 Å². The number of nitrogens with one attached hydrogen (secondary N) is 1. The summed E-state index contributed by atoms with van der Waals surface area (Å²) in [5.41, 5.74) is 0.851. The Balaban J connectivity index is 1.54. The van der Waals surface area contributed by atoms with Crippen LogP contribution in [0.25, 0.3) is 11.4 Å². The highest BCUT2D eigenvalue weighted by molar-refractivity contribution is 5.80. The predicted molar refractivity (Wildman–Crippen MR) is 94.7 cm³/mol. The summed E-state index contributed by atoms with van der Waals surface area (Å²) in [4.78, 5) is 16.5. The van der Waals surface area contributed by atoms with E-state index in [1.807, 2.05) is 30.3 Å². The normalized spacial score (nSPS) is 11.6. The van der Waals surface area contributed by atoms with Gasteiger partial charge in [0.05, 0.1) is 13.7 Å². The van der Waals surface area contributed by atoms with Gasteiger partial charge in [0.1, 0.15) is 11.5 Å². The molecule has 1 amide bonds. The van der Waals surface area contributed by atoms with Crippen molar-refractivity contribution in [2.75, 3.05) is 7.11 Å². The smallest absolute Gasteiger partial charge is 0.261 e. The highest BCUT2D eigenvalue weighted by Crippen LogP contribution is 2.20. The molecule has 7 nitrogen and oxygen atoms in total. The first kappa shape index (κ1) is 17.5. The van der Waals surface area contributed by atoms with Crippen LogP contribution in [0.15, 0.2) is 59.1 Å². The number of hydrogen-bond donors (Lipinski definition) is 1. The molecule has 1 aromatic heterocycles. The van der Waals surface area contributed by atoms with Gasteiger partial charge < -0.3 is 19.3 Å². The van der Waals surface area contributed by atoms with Crippen LogP contribution in [0.3, 0.4) is 0 Å². The molecule has 7 heteroatoms. The van der Waals surface area contributed by atoms with E-state index in [1.54, 1.807) is 38.3 Å². The number of hydrogen-bond acceptors (Lipinski definition) is 6. The summed E-state index contributed by atoms with van der Waals surface area (Å²) >= 11 is 0. The highest BCUT2D eigenvalue weighted by Gasteiger charge is 2.16. The number of amides is 1. The minimum Gasteiger partial charge on any atom is -0.497 e. The molecular weight excluding hydrogens is 334 g/mol. The fourth-order valence-corrected chi connectivity index (χ4v) is 2.27. The summed E-state index contributed by atoms with van der Waals surface area (Å²) in [5.74, 6) is 1.74. The van der Waals surface area contributed by atoms with E-state index in [9.17, 15) is 4.79 Å². The van der Waals surface area contributed by atoms with Crippen molar-refractivity contribution < 1.29 is 18.8 Å². The van der Waals surface area contributed by atoms with Crippen molar-refractivity contribution in [1.82, 2.24) is 15.5 Å². The first-order chi connectivity index (χ1) is 12.7. The quantitative estimate of drug-likeness (QED) is 0.703. The summed E-state index contributed by atoms with van der Waals surface area (Å²) < 4.78 is 15.9. The van der Waals surface area contributed by atoms with Crippen LogP contribution in [-0.2, 0) is 11.3 Å². The van der Waals surface area contributed by atoms with Crippen molar-refractivity contribution in [2.45, 2.75) is 19.6 Å². The summed E-state index contributed by atoms with van der Waals surface area (Å²) in [5, 5.41) is 6.63. The van der Waals surface area contributed by atoms with Gasteiger partial charge in [0.2, 0.25) is 11.7 Å². The van der Waals surface area contributed by atoms with Crippen molar-refractivity contribution >= 4 is 5.91 Å². The molecule has 0 unspecified atom stereocenters. The molecule has 0 bridgehead atoms. The zero-order chi connectivity index (χ0) is 18.4. The number of carbonyl (C=O) groups is 1. The van der Waals surface area contributed by atoms with Gasteiger partial charge in [0, 0.05) is 11.6 Å². The number of aromatic nitrogens is 2. The van der Waals surface area contributed by atoms with Gasteiger partial charge in [0.25, 0.3) is 5.91 Å². The second-order valence-electron chi connectivity index (χ2n) is 5.53. The first-order valence-electron chi connectivity index (χ1n) is 8.12. The fraction of sp³-hybridized carbons (Fsp3) is 0.211. The number of ether oxygens (including phenoxy) is 2. The Morgan fingerprint density at radius 2 is 1.92 bits per heavy atom. The van der Waals surface area contributed by atoms with Gasteiger partial charge in [-0.15, -0.1) is 0 Å². The molecule has 1 N–H and O–H groups in total. The Kier molecular flexibility index (Phi) is 5.48. The first-order valence-corrected chi connectivity index (χ1v) is 8.12. The second-order valence-corrected chi connectivity index (χ2v) is 5.53. The van der Waals surface area contributed by atoms with Crippen LogP contribution in [0.2, 0.25) is 0 Å². The van der Waals surface area contributed by atoms with E-state index in [2.05, 4.69) is 15.5 Å². The number of rotatable bonds is 7. The topological polar surface area (TPSA) is 86.5 Å². The average Bonchev–Trinajstić information content (AvgIpc) is 3.16. The lowest BCUT2D eigenvalue weighted by Crippen LogP contribution is -2.36. The molecular formula is C19H19N3O4. The molecule has 0 fully saturated rings.